The molecule has 4 nitrogen and oxygen atoms in total. The summed E-state index contributed by atoms with van der Waals surface area (Å²) in [6.45, 7) is 4.14. The van der Waals surface area contributed by atoms with Gasteiger partial charge < -0.3 is 4.42 Å². The lowest BCUT2D eigenvalue weighted by molar-refractivity contribution is -0.742. The monoisotopic (exact) mass is 292 g/mol. The molecule has 0 saturated carbocycles. The van der Waals surface area contributed by atoms with Gasteiger partial charge in [0.25, 0.3) is 5.82 Å². The van der Waals surface area contributed by atoms with Crippen molar-refractivity contribution >= 4 is 21.9 Å². The number of nitrogens with zero attached hydrogens (tertiary/aromatic N) is 3. The Bertz CT molecular complexity index is 1020. The van der Waals surface area contributed by atoms with Crippen LogP contribution in [0.25, 0.3) is 33.3 Å². The highest BCUT2D eigenvalue weighted by molar-refractivity contribution is 6.06. The standard InChI is InChI=1S/C18H18N3O/c1-11-9-15-13-7-5-6-8-16(13)22-17(15)10-14(11)18-19-12(2)20(3)21(18)4/h5-10H,1-4H3/q+1. The molecule has 4 aromatic rings. The van der Waals surface area contributed by atoms with Crippen LogP contribution in [0.3, 0.4) is 0 Å². The molecular formula is C18H18N3O+. The number of furan rings is 1. The van der Waals surface area contributed by atoms with Gasteiger partial charge in [0.05, 0.1) is 12.6 Å². The van der Waals surface area contributed by atoms with E-state index in [2.05, 4.69) is 34.8 Å². The molecule has 0 fully saturated rings. The first-order valence-corrected chi connectivity index (χ1v) is 7.38. The van der Waals surface area contributed by atoms with Gasteiger partial charge in [-0.25, -0.2) is 0 Å². The second-order valence-corrected chi connectivity index (χ2v) is 5.79. The molecule has 2 heterocycles. The predicted molar refractivity (Wildman–Crippen MR) is 86.6 cm³/mol. The van der Waals surface area contributed by atoms with E-state index in [1.54, 1.807) is 0 Å². The lowest BCUT2D eigenvalue weighted by atomic mass is 10.0. The van der Waals surface area contributed by atoms with E-state index in [9.17, 15) is 0 Å². The van der Waals surface area contributed by atoms with Crippen molar-refractivity contribution in [2.24, 2.45) is 14.1 Å². The Balaban J connectivity index is 2.04. The Labute approximate surface area is 128 Å². The molecule has 0 radical (unpaired) electrons. The molecule has 0 amide bonds. The third kappa shape index (κ3) is 1.70. The van der Waals surface area contributed by atoms with Gasteiger partial charge in [-0.2, -0.15) is 9.36 Å². The number of para-hydroxylation sites is 1. The van der Waals surface area contributed by atoms with Crippen LogP contribution in [0.5, 0.6) is 0 Å². The minimum absolute atomic E-state index is 0.908. The molecule has 2 aromatic carbocycles. The number of rotatable bonds is 1. The molecule has 0 bridgehead atoms. The van der Waals surface area contributed by atoms with E-state index in [0.29, 0.717) is 0 Å². The first-order valence-electron chi connectivity index (χ1n) is 7.38. The van der Waals surface area contributed by atoms with Crippen LogP contribution < -0.4 is 4.68 Å². The van der Waals surface area contributed by atoms with Gasteiger partial charge in [-0.05, 0) is 35.7 Å². The number of fused-ring (bicyclic) bond motifs is 3. The van der Waals surface area contributed by atoms with Gasteiger partial charge in [-0.1, -0.05) is 18.2 Å². The predicted octanol–water partition coefficient (Wildman–Crippen LogP) is 3.43. The molecule has 22 heavy (non-hydrogen) atoms. The van der Waals surface area contributed by atoms with Gasteiger partial charge in [0.1, 0.15) is 18.2 Å². The maximum atomic E-state index is 6.00. The first kappa shape index (κ1) is 13.1. The van der Waals surface area contributed by atoms with Gasteiger partial charge in [0.2, 0.25) is 0 Å². The molecule has 4 rings (SSSR count). The fourth-order valence-electron chi connectivity index (χ4n) is 3.01. The molecule has 2 aromatic heterocycles. The van der Waals surface area contributed by atoms with E-state index in [-0.39, 0.29) is 0 Å². The maximum Gasteiger partial charge on any atom is 0.351 e. The van der Waals surface area contributed by atoms with E-state index in [1.807, 2.05) is 43.9 Å². The van der Waals surface area contributed by atoms with Crippen molar-refractivity contribution < 1.29 is 9.10 Å². The number of hydrogen-bond donors (Lipinski definition) is 0. The summed E-state index contributed by atoms with van der Waals surface area (Å²) in [5, 5.41) is 2.32. The highest BCUT2D eigenvalue weighted by Gasteiger charge is 2.23. The fraction of sp³-hybridized carbons (Fsp3) is 0.222. The van der Waals surface area contributed by atoms with Gasteiger partial charge in [0.15, 0.2) is 0 Å². The van der Waals surface area contributed by atoms with Gasteiger partial charge in [-0.3, -0.25) is 0 Å². The quantitative estimate of drug-likeness (QED) is 0.504. The number of benzene rings is 2. The molecule has 0 aliphatic heterocycles. The van der Waals surface area contributed by atoms with Crippen LogP contribution in [0.4, 0.5) is 0 Å². The van der Waals surface area contributed by atoms with Gasteiger partial charge >= 0.3 is 5.82 Å². The summed E-state index contributed by atoms with van der Waals surface area (Å²) in [5.74, 6) is 1.95. The summed E-state index contributed by atoms with van der Waals surface area (Å²) < 4.78 is 10.1. The zero-order chi connectivity index (χ0) is 15.4. The molecule has 4 heteroatoms. The van der Waals surface area contributed by atoms with Crippen LogP contribution in [-0.4, -0.2) is 9.67 Å². The molecule has 0 spiro atoms. The number of aryl methyl sites for hydroxylation is 2. The Hall–Kier alpha value is -2.62. The summed E-state index contributed by atoms with van der Waals surface area (Å²) >= 11 is 0. The summed E-state index contributed by atoms with van der Waals surface area (Å²) in [6, 6.07) is 12.5. The molecule has 110 valence electrons. The second kappa shape index (κ2) is 4.44. The Kier molecular flexibility index (Phi) is 2.64. The first-order chi connectivity index (χ1) is 10.6. The van der Waals surface area contributed by atoms with E-state index >= 15 is 0 Å². The highest BCUT2D eigenvalue weighted by atomic mass is 16.3. The second-order valence-electron chi connectivity index (χ2n) is 5.79. The van der Waals surface area contributed by atoms with Gasteiger partial charge in [0, 0.05) is 17.7 Å². The zero-order valence-electron chi connectivity index (χ0n) is 13.2. The van der Waals surface area contributed by atoms with E-state index < -0.39 is 0 Å². The Morgan fingerprint density at radius 3 is 2.55 bits per heavy atom. The average molecular weight is 292 g/mol. The molecule has 0 aliphatic rings. The van der Waals surface area contributed by atoms with Crippen LogP contribution in [-0.2, 0) is 14.1 Å². The third-order valence-corrected chi connectivity index (χ3v) is 4.46. The third-order valence-electron chi connectivity index (χ3n) is 4.46. The van der Waals surface area contributed by atoms with Crippen LogP contribution in [0.15, 0.2) is 40.8 Å². The maximum absolute atomic E-state index is 6.00. The van der Waals surface area contributed by atoms with E-state index in [0.717, 1.165) is 39.2 Å². The van der Waals surface area contributed by atoms with Crippen LogP contribution in [0, 0.1) is 13.8 Å². The summed E-state index contributed by atoms with van der Waals surface area (Å²) in [6.07, 6.45) is 0. The summed E-state index contributed by atoms with van der Waals surface area (Å²) in [4.78, 5) is 4.69. The molecular weight excluding hydrogens is 274 g/mol. The van der Waals surface area contributed by atoms with Crippen molar-refractivity contribution in [3.8, 4) is 11.4 Å². The minimum atomic E-state index is 0.908. The normalized spacial score (nSPS) is 11.6. The van der Waals surface area contributed by atoms with Crippen molar-refractivity contribution in [2.45, 2.75) is 13.8 Å². The fourth-order valence-corrected chi connectivity index (χ4v) is 3.01. The molecule has 0 unspecified atom stereocenters. The molecule has 0 N–H and O–H groups in total. The zero-order valence-corrected chi connectivity index (χ0v) is 13.2. The van der Waals surface area contributed by atoms with Gasteiger partial charge in [-0.15, -0.1) is 0 Å². The van der Waals surface area contributed by atoms with Crippen molar-refractivity contribution in [1.29, 1.82) is 0 Å². The summed E-state index contributed by atoms with van der Waals surface area (Å²) in [7, 11) is 4.04. The van der Waals surface area contributed by atoms with E-state index in [1.165, 1.54) is 5.56 Å². The topological polar surface area (TPSA) is 34.8 Å². The SMILES string of the molecule is Cc1cc2c(cc1-c1nc(C)n(C)[n+]1C)oc1ccccc12. The largest absolute Gasteiger partial charge is 0.456 e. The number of hydrogen-bond acceptors (Lipinski definition) is 2. The minimum Gasteiger partial charge on any atom is -0.456 e. The van der Waals surface area contributed by atoms with Crippen molar-refractivity contribution in [1.82, 2.24) is 9.67 Å². The van der Waals surface area contributed by atoms with Crippen LogP contribution in [0.2, 0.25) is 0 Å². The van der Waals surface area contributed by atoms with Crippen LogP contribution in [0.1, 0.15) is 11.4 Å². The lowest BCUT2D eigenvalue weighted by Crippen LogP contribution is -2.39. The van der Waals surface area contributed by atoms with Crippen molar-refractivity contribution in [3.63, 3.8) is 0 Å². The van der Waals surface area contributed by atoms with Crippen molar-refractivity contribution in [2.75, 3.05) is 0 Å². The molecule has 0 saturated heterocycles. The molecule has 0 aliphatic carbocycles. The molecule has 0 atom stereocenters. The Morgan fingerprint density at radius 1 is 1.05 bits per heavy atom. The number of aromatic nitrogens is 3. The van der Waals surface area contributed by atoms with Crippen molar-refractivity contribution in [3.05, 3.63) is 47.8 Å². The smallest absolute Gasteiger partial charge is 0.351 e. The van der Waals surface area contributed by atoms with Crippen LogP contribution >= 0.6 is 0 Å². The lowest BCUT2D eigenvalue weighted by Gasteiger charge is -2.01. The highest BCUT2D eigenvalue weighted by Crippen LogP contribution is 2.33. The summed E-state index contributed by atoms with van der Waals surface area (Å²) in [5.41, 5.74) is 4.14. The van der Waals surface area contributed by atoms with E-state index in [4.69, 9.17) is 4.42 Å². The average Bonchev–Trinajstić information content (AvgIpc) is 2.99. The Morgan fingerprint density at radius 2 is 1.82 bits per heavy atom.